The van der Waals surface area contributed by atoms with Crippen LogP contribution >= 0.6 is 22.9 Å². The van der Waals surface area contributed by atoms with Gasteiger partial charge in [-0.2, -0.15) is 0 Å². The van der Waals surface area contributed by atoms with Crippen molar-refractivity contribution in [1.29, 1.82) is 0 Å². The smallest absolute Gasteiger partial charge is 0.121 e. The van der Waals surface area contributed by atoms with E-state index in [-0.39, 0.29) is 0 Å². The lowest BCUT2D eigenvalue weighted by Gasteiger charge is -1.98. The molecule has 0 atom stereocenters. The fourth-order valence-corrected chi connectivity index (χ4v) is 2.67. The van der Waals surface area contributed by atoms with Gasteiger partial charge in [-0.15, -0.1) is 11.3 Å². The van der Waals surface area contributed by atoms with Gasteiger partial charge in [0.25, 0.3) is 0 Å². The molecular weight excluding hydrogens is 268 g/mol. The molecule has 0 saturated carbocycles. The lowest BCUT2D eigenvalue weighted by atomic mass is 10.3. The van der Waals surface area contributed by atoms with Crippen LogP contribution in [0.3, 0.4) is 0 Å². The zero-order valence-electron chi connectivity index (χ0n) is 9.48. The molecule has 0 aliphatic carbocycles. The largest absolute Gasteiger partial charge is 0.341 e. The van der Waals surface area contributed by atoms with E-state index in [1.54, 1.807) is 6.20 Å². The van der Waals surface area contributed by atoms with E-state index in [2.05, 4.69) is 20.3 Å². The number of nitrogens with one attached hydrogen (secondary N) is 2. The Balaban J connectivity index is 1.62. The monoisotopic (exact) mass is 278 g/mol. The van der Waals surface area contributed by atoms with Crippen LogP contribution in [0.5, 0.6) is 0 Å². The molecule has 0 unspecified atom stereocenters. The number of nitrogens with zero attached hydrogens (tertiary/aromatic N) is 2. The van der Waals surface area contributed by atoms with Crippen LogP contribution in [-0.2, 0) is 13.1 Å². The molecule has 1 aromatic carbocycles. The molecule has 0 bridgehead atoms. The molecular formula is C12H11ClN4S. The molecule has 2 heterocycles. The molecule has 18 heavy (non-hydrogen) atoms. The molecule has 3 aromatic rings. The number of aromatic nitrogens is 3. The molecule has 3 rings (SSSR count). The molecule has 4 nitrogen and oxygen atoms in total. The van der Waals surface area contributed by atoms with Crippen LogP contribution in [0.15, 0.2) is 30.5 Å². The van der Waals surface area contributed by atoms with Gasteiger partial charge in [-0.1, -0.05) is 23.7 Å². The van der Waals surface area contributed by atoms with Crippen molar-refractivity contribution in [3.05, 3.63) is 45.6 Å². The first-order valence-corrected chi connectivity index (χ1v) is 6.75. The normalized spacial score (nSPS) is 11.2. The predicted molar refractivity (Wildman–Crippen MR) is 73.8 cm³/mol. The summed E-state index contributed by atoms with van der Waals surface area (Å²) >= 11 is 7.31. The summed E-state index contributed by atoms with van der Waals surface area (Å²) in [7, 11) is 0. The first-order valence-electron chi connectivity index (χ1n) is 5.56. The molecule has 0 spiro atoms. The number of benzene rings is 1. The van der Waals surface area contributed by atoms with E-state index < -0.39 is 0 Å². The Bertz CT molecular complexity index is 628. The Morgan fingerprint density at radius 2 is 2.17 bits per heavy atom. The van der Waals surface area contributed by atoms with Gasteiger partial charge >= 0.3 is 0 Å². The van der Waals surface area contributed by atoms with E-state index in [0.717, 1.165) is 26.2 Å². The van der Waals surface area contributed by atoms with Crippen LogP contribution in [0.25, 0.3) is 11.0 Å². The third-order valence-corrected chi connectivity index (χ3v) is 3.65. The topological polar surface area (TPSA) is 53.6 Å². The van der Waals surface area contributed by atoms with Crippen molar-refractivity contribution in [3.8, 4) is 0 Å². The van der Waals surface area contributed by atoms with Gasteiger partial charge in [0.2, 0.25) is 0 Å². The SMILES string of the molecule is Clc1cnc(CNCc2nc3ccccc3[nH]2)s1. The van der Waals surface area contributed by atoms with Gasteiger partial charge in [-0.3, -0.25) is 0 Å². The van der Waals surface area contributed by atoms with E-state index in [0.29, 0.717) is 13.1 Å². The second-order valence-corrected chi connectivity index (χ2v) is 5.61. The maximum atomic E-state index is 5.82. The molecule has 0 aliphatic heterocycles. The van der Waals surface area contributed by atoms with E-state index in [4.69, 9.17) is 11.6 Å². The summed E-state index contributed by atoms with van der Waals surface area (Å²) in [6, 6.07) is 8.00. The number of hydrogen-bond donors (Lipinski definition) is 2. The summed E-state index contributed by atoms with van der Waals surface area (Å²) in [6.07, 6.45) is 1.67. The summed E-state index contributed by atoms with van der Waals surface area (Å²) in [4.78, 5) is 11.9. The minimum absolute atomic E-state index is 0.686. The number of hydrogen-bond acceptors (Lipinski definition) is 4. The van der Waals surface area contributed by atoms with Gasteiger partial charge in [0.05, 0.1) is 23.8 Å². The second kappa shape index (κ2) is 5.06. The van der Waals surface area contributed by atoms with Gasteiger partial charge in [-0.05, 0) is 12.1 Å². The maximum absolute atomic E-state index is 5.82. The summed E-state index contributed by atoms with van der Waals surface area (Å²) in [5.74, 6) is 0.929. The van der Waals surface area contributed by atoms with Crippen molar-refractivity contribution < 1.29 is 0 Å². The number of para-hydroxylation sites is 2. The highest BCUT2D eigenvalue weighted by molar-refractivity contribution is 7.15. The lowest BCUT2D eigenvalue weighted by Crippen LogP contribution is -2.13. The third-order valence-electron chi connectivity index (χ3n) is 2.53. The summed E-state index contributed by atoms with van der Waals surface area (Å²) in [5.41, 5.74) is 2.05. The van der Waals surface area contributed by atoms with Crippen molar-refractivity contribution in [2.75, 3.05) is 0 Å². The molecule has 0 radical (unpaired) electrons. The van der Waals surface area contributed by atoms with E-state index in [1.807, 2.05) is 24.3 Å². The standard InChI is InChI=1S/C12H11ClN4S/c13-10-5-15-12(18-10)7-14-6-11-16-8-3-1-2-4-9(8)17-11/h1-5,14H,6-7H2,(H,16,17). The Labute approximate surface area is 113 Å². The highest BCUT2D eigenvalue weighted by Crippen LogP contribution is 2.18. The van der Waals surface area contributed by atoms with E-state index in [1.165, 1.54) is 11.3 Å². The zero-order valence-corrected chi connectivity index (χ0v) is 11.1. The van der Waals surface area contributed by atoms with Gasteiger partial charge in [0.1, 0.15) is 15.2 Å². The maximum Gasteiger partial charge on any atom is 0.121 e. The van der Waals surface area contributed by atoms with Crippen LogP contribution in [0.1, 0.15) is 10.8 Å². The molecule has 2 aromatic heterocycles. The highest BCUT2D eigenvalue weighted by Gasteiger charge is 2.03. The highest BCUT2D eigenvalue weighted by atomic mass is 35.5. The molecule has 6 heteroatoms. The summed E-state index contributed by atoms with van der Waals surface area (Å²) in [6.45, 7) is 1.39. The number of fused-ring (bicyclic) bond motifs is 1. The fraction of sp³-hybridized carbons (Fsp3) is 0.167. The minimum atomic E-state index is 0.686. The number of thiazole rings is 1. The van der Waals surface area contributed by atoms with Crippen molar-refractivity contribution in [1.82, 2.24) is 20.3 Å². The first-order chi connectivity index (χ1) is 8.81. The van der Waals surface area contributed by atoms with Gasteiger partial charge in [-0.25, -0.2) is 9.97 Å². The van der Waals surface area contributed by atoms with Gasteiger partial charge in [0.15, 0.2) is 0 Å². The van der Waals surface area contributed by atoms with Crippen molar-refractivity contribution in [2.45, 2.75) is 13.1 Å². The average molecular weight is 279 g/mol. The van der Waals surface area contributed by atoms with Crippen LogP contribution in [0.2, 0.25) is 4.34 Å². The van der Waals surface area contributed by atoms with Crippen LogP contribution in [0.4, 0.5) is 0 Å². The molecule has 92 valence electrons. The van der Waals surface area contributed by atoms with Crippen molar-refractivity contribution in [3.63, 3.8) is 0 Å². The van der Waals surface area contributed by atoms with Crippen molar-refractivity contribution in [2.24, 2.45) is 0 Å². The first kappa shape index (κ1) is 11.6. The Kier molecular flexibility index (Phi) is 3.27. The lowest BCUT2D eigenvalue weighted by molar-refractivity contribution is 0.667. The Morgan fingerprint density at radius 1 is 1.28 bits per heavy atom. The summed E-state index contributed by atoms with van der Waals surface area (Å²) < 4.78 is 0.718. The van der Waals surface area contributed by atoms with Crippen molar-refractivity contribution >= 4 is 34.0 Å². The molecule has 0 fully saturated rings. The second-order valence-electron chi connectivity index (χ2n) is 3.86. The van der Waals surface area contributed by atoms with Crippen LogP contribution in [-0.4, -0.2) is 15.0 Å². The number of halogens is 1. The van der Waals surface area contributed by atoms with Crippen LogP contribution in [0, 0.1) is 0 Å². The number of H-pyrrole nitrogens is 1. The molecule has 0 amide bonds. The number of imidazole rings is 1. The number of rotatable bonds is 4. The van der Waals surface area contributed by atoms with Gasteiger partial charge in [0, 0.05) is 6.54 Å². The Morgan fingerprint density at radius 3 is 2.94 bits per heavy atom. The third kappa shape index (κ3) is 2.53. The minimum Gasteiger partial charge on any atom is -0.341 e. The molecule has 2 N–H and O–H groups in total. The molecule has 0 aliphatic rings. The summed E-state index contributed by atoms with van der Waals surface area (Å²) in [5, 5.41) is 4.27. The zero-order chi connectivity index (χ0) is 12.4. The average Bonchev–Trinajstić information content (AvgIpc) is 2.95. The fourth-order valence-electron chi connectivity index (χ4n) is 1.75. The van der Waals surface area contributed by atoms with E-state index >= 15 is 0 Å². The predicted octanol–water partition coefficient (Wildman–Crippen LogP) is 2.96. The van der Waals surface area contributed by atoms with E-state index in [9.17, 15) is 0 Å². The van der Waals surface area contributed by atoms with Gasteiger partial charge < -0.3 is 10.3 Å². The number of aromatic amines is 1. The van der Waals surface area contributed by atoms with Crippen LogP contribution < -0.4 is 5.32 Å². The Hall–Kier alpha value is -1.43. The quantitative estimate of drug-likeness (QED) is 0.771. The molecule has 0 saturated heterocycles.